The normalized spacial score (nSPS) is 28.3. The zero-order valence-corrected chi connectivity index (χ0v) is 58.7. The number of anilines is 3. The molecular weight excluding hydrogens is 1180 g/mol. The molecule has 0 unspecified atom stereocenters. The number of aromatic carboxylic acids is 1. The number of nitrogens with one attached hydrogen (secondary N) is 3. The number of carbonyl (C=O) groups excluding carboxylic acids is 3. The summed E-state index contributed by atoms with van der Waals surface area (Å²) in [5.74, 6) is 3.80. The largest absolute Gasteiger partial charge is 0.481 e. The summed E-state index contributed by atoms with van der Waals surface area (Å²) >= 11 is 0. The Morgan fingerprint density at radius 3 is 0.989 bits per heavy atom. The Balaban J connectivity index is 0.000000148. The molecule has 3 aromatic carbocycles. The van der Waals surface area contributed by atoms with Crippen LogP contribution in [0, 0.1) is 55.7 Å². The van der Waals surface area contributed by atoms with E-state index in [2.05, 4.69) is 105 Å². The van der Waals surface area contributed by atoms with Gasteiger partial charge in [-0.05, 0) is 258 Å². The molecule has 510 valence electrons. The van der Waals surface area contributed by atoms with Crippen LogP contribution in [-0.2, 0) is 14.3 Å². The van der Waals surface area contributed by atoms with Crippen molar-refractivity contribution in [1.82, 2.24) is 15.0 Å². The molecule has 9 aliphatic rings. The number of esters is 1. The lowest BCUT2D eigenvalue weighted by molar-refractivity contribution is -0.162. The Hall–Kier alpha value is -6.96. The maximum absolute atomic E-state index is 13.4. The highest BCUT2D eigenvalue weighted by Gasteiger charge is 2.55. The van der Waals surface area contributed by atoms with Gasteiger partial charge in [0.15, 0.2) is 11.6 Å². The third-order valence-electron chi connectivity index (χ3n) is 24.9. The molecule has 3 heterocycles. The Kier molecular flexibility index (Phi) is 20.4. The lowest BCUT2D eigenvalue weighted by Gasteiger charge is -2.51. The summed E-state index contributed by atoms with van der Waals surface area (Å²) in [6.07, 6.45) is 31.4. The molecular formula is C81H108N6O8. The first-order valence-corrected chi connectivity index (χ1v) is 36.1. The Bertz CT molecular complexity index is 3720. The summed E-state index contributed by atoms with van der Waals surface area (Å²) in [5, 5.41) is 35.7. The highest BCUT2D eigenvalue weighted by atomic mass is 16.5. The SMILES string of the molecule is CC(C)(C)C1CCC(Nc2cc3cc(C(=O)CC45CCC(C(=O)O)(CC4)CC5)ccc3cn2)CC1.CC(C)(C)C1CCC(Nc2cc3cc(C(=O)O)ccc3cn2)CC1.COC(=O)C12CCC(CC(=O)c3ccc4cnc(NC5CCC(C(C)(C)C)CC5)cc4c3)(CC1)CC2. The zero-order chi connectivity index (χ0) is 67.7. The van der Waals surface area contributed by atoms with Crippen LogP contribution in [0.3, 0.4) is 0 Å². The third-order valence-corrected chi connectivity index (χ3v) is 24.9. The molecule has 0 saturated heterocycles. The van der Waals surface area contributed by atoms with Gasteiger partial charge in [0.05, 0.1) is 23.5 Å². The third kappa shape index (κ3) is 16.2. The van der Waals surface area contributed by atoms with Gasteiger partial charge in [0.1, 0.15) is 17.5 Å². The van der Waals surface area contributed by atoms with E-state index in [4.69, 9.17) is 9.84 Å². The lowest BCUT2D eigenvalue weighted by Crippen LogP contribution is -2.47. The molecule has 0 atom stereocenters. The van der Waals surface area contributed by atoms with Crippen molar-refractivity contribution in [3.63, 3.8) is 0 Å². The van der Waals surface area contributed by atoms with Gasteiger partial charge in [0.25, 0.3) is 0 Å². The first kappa shape index (κ1) is 69.4. The molecule has 3 aromatic heterocycles. The van der Waals surface area contributed by atoms with E-state index in [9.17, 15) is 29.1 Å². The number of fused-ring (bicyclic) bond motifs is 9. The molecule has 0 spiro atoms. The van der Waals surface area contributed by atoms with Crippen molar-refractivity contribution in [2.75, 3.05) is 23.1 Å². The lowest BCUT2D eigenvalue weighted by atomic mass is 9.52. The van der Waals surface area contributed by atoms with Crippen LogP contribution in [0.25, 0.3) is 32.3 Å². The van der Waals surface area contributed by atoms with Gasteiger partial charge in [-0.3, -0.25) is 19.2 Å². The number of aromatic nitrogens is 3. The molecule has 5 N–H and O–H groups in total. The van der Waals surface area contributed by atoms with Crippen LogP contribution in [-0.4, -0.2) is 79.9 Å². The molecule has 0 amide bonds. The Morgan fingerprint density at radius 2 is 0.705 bits per heavy atom. The van der Waals surface area contributed by atoms with E-state index in [1.165, 1.54) is 71.3 Å². The number of methoxy groups -OCH3 is 1. The number of nitrogens with zero attached hydrogens (tertiary/aromatic N) is 3. The predicted octanol–water partition coefficient (Wildman–Crippen LogP) is 19.5. The van der Waals surface area contributed by atoms with E-state index >= 15 is 0 Å². The minimum atomic E-state index is -0.899. The van der Waals surface area contributed by atoms with Gasteiger partial charge in [0, 0.05) is 76.8 Å². The van der Waals surface area contributed by atoms with Crippen molar-refractivity contribution in [3.05, 3.63) is 108 Å². The summed E-state index contributed by atoms with van der Waals surface area (Å²) in [7, 11) is 1.49. The van der Waals surface area contributed by atoms with Crippen LogP contribution >= 0.6 is 0 Å². The summed E-state index contributed by atoms with van der Waals surface area (Å²) in [6.45, 7) is 21.1. The molecule has 6 aromatic rings. The van der Waals surface area contributed by atoms with E-state index in [1.54, 1.807) is 12.1 Å². The number of carboxylic acid groups (broad SMARTS) is 2. The molecule has 0 aliphatic heterocycles. The maximum atomic E-state index is 13.4. The van der Waals surface area contributed by atoms with E-state index in [0.717, 1.165) is 149 Å². The maximum Gasteiger partial charge on any atom is 0.335 e. The second-order valence-electron chi connectivity index (χ2n) is 33.9. The van der Waals surface area contributed by atoms with Crippen LogP contribution in [0.15, 0.2) is 91.4 Å². The van der Waals surface area contributed by atoms with Gasteiger partial charge in [-0.1, -0.05) is 92.6 Å². The van der Waals surface area contributed by atoms with Gasteiger partial charge < -0.3 is 30.9 Å². The fraction of sp³-hybridized carbons (Fsp3) is 0.605. The number of pyridine rings is 3. The van der Waals surface area contributed by atoms with E-state index in [0.29, 0.717) is 72.0 Å². The number of ketones is 2. The minimum absolute atomic E-state index is 0.0138. The van der Waals surface area contributed by atoms with E-state index in [1.807, 2.05) is 67.1 Å². The molecule has 4 bridgehead atoms. The summed E-state index contributed by atoms with van der Waals surface area (Å²) in [4.78, 5) is 75.7. The fourth-order valence-electron chi connectivity index (χ4n) is 17.9. The van der Waals surface area contributed by atoms with Gasteiger partial charge >= 0.3 is 17.9 Å². The molecule has 0 radical (unpaired) electrons. The highest BCUT2D eigenvalue weighted by molar-refractivity contribution is 6.02. The molecule has 14 heteroatoms. The second-order valence-corrected chi connectivity index (χ2v) is 33.9. The van der Waals surface area contributed by atoms with Crippen molar-refractivity contribution in [1.29, 1.82) is 0 Å². The van der Waals surface area contributed by atoms with Gasteiger partial charge in [-0.25, -0.2) is 19.7 Å². The number of aliphatic carboxylic acids is 1. The van der Waals surface area contributed by atoms with Crippen molar-refractivity contribution >= 4 is 79.2 Å². The zero-order valence-electron chi connectivity index (χ0n) is 58.7. The average Bonchev–Trinajstić information content (AvgIpc) is 0.788. The van der Waals surface area contributed by atoms with Crippen molar-refractivity contribution in [2.45, 2.75) is 247 Å². The molecule has 14 nitrogen and oxygen atoms in total. The van der Waals surface area contributed by atoms with Gasteiger partial charge in [0.2, 0.25) is 0 Å². The average molecular weight is 1290 g/mol. The van der Waals surface area contributed by atoms with Crippen molar-refractivity contribution < 1.29 is 38.9 Å². The number of rotatable bonds is 15. The van der Waals surface area contributed by atoms with Crippen LogP contribution < -0.4 is 16.0 Å². The minimum Gasteiger partial charge on any atom is -0.481 e. The first-order chi connectivity index (χ1) is 45.0. The number of ether oxygens (including phenoxy) is 1. The molecule has 9 aliphatic carbocycles. The quantitative estimate of drug-likeness (QED) is 0.0479. The number of carboxylic acids is 2. The van der Waals surface area contributed by atoms with Crippen molar-refractivity contribution in [2.24, 2.45) is 55.7 Å². The topological polar surface area (TPSA) is 210 Å². The second kappa shape index (κ2) is 27.9. The number of hydrogen-bond acceptors (Lipinski definition) is 12. The van der Waals surface area contributed by atoms with Gasteiger partial charge in [-0.2, -0.15) is 0 Å². The summed E-state index contributed by atoms with van der Waals surface area (Å²) in [5.41, 5.74) is 2.20. The molecule has 15 rings (SSSR count). The first-order valence-electron chi connectivity index (χ1n) is 36.1. The molecule has 9 fully saturated rings. The monoisotopic (exact) mass is 1290 g/mol. The Labute approximate surface area is 564 Å². The fourth-order valence-corrected chi connectivity index (χ4v) is 17.9. The number of benzene rings is 3. The van der Waals surface area contributed by atoms with Crippen LogP contribution in [0.1, 0.15) is 260 Å². The molecule has 9 saturated carbocycles. The summed E-state index contributed by atoms with van der Waals surface area (Å²) < 4.78 is 5.09. The van der Waals surface area contributed by atoms with Gasteiger partial charge in [-0.15, -0.1) is 0 Å². The Morgan fingerprint density at radius 1 is 0.411 bits per heavy atom. The highest BCUT2D eigenvalue weighted by Crippen LogP contribution is 2.60. The van der Waals surface area contributed by atoms with Crippen molar-refractivity contribution in [3.8, 4) is 0 Å². The smallest absolute Gasteiger partial charge is 0.335 e. The predicted molar refractivity (Wildman–Crippen MR) is 381 cm³/mol. The summed E-state index contributed by atoms with van der Waals surface area (Å²) in [6, 6.07) is 24.6. The van der Waals surface area contributed by atoms with E-state index < -0.39 is 17.4 Å². The van der Waals surface area contributed by atoms with Crippen LogP contribution in [0.4, 0.5) is 17.5 Å². The number of carbonyl (C=O) groups is 5. The van der Waals surface area contributed by atoms with E-state index in [-0.39, 0.29) is 33.8 Å². The standard InChI is InChI=1S/C31H42N2O3.C30H40N2O3.C20H26N2O2/c1-29(2,3)24-7-9-25(10-8-24)33-27-18-23-17-21(5-6-22(23)20-32-27)26(34)19-30-11-14-31(15-12-30,16-13-30)28(35)36-4;1-28(2,3)23-6-8-24(9-7-23)32-26-17-22-16-20(4-5-21(22)19-31-26)25(33)18-29-10-13-30(14-11-29,15-12-29)27(34)35;1-20(2,3)16-6-8-17(9-7-16)22-18-11-15-10-13(19(23)24)4-5-14(15)12-21-18/h5-6,17-18,20,24-25H,7-16,19H2,1-4H3,(H,32,33);4-5,16-17,19,23-24H,6-15,18H2,1-3H3,(H,31,32)(H,34,35);4-5,10-12,16-17H,6-9H2,1-3H3,(H,21,22)(H,23,24). The van der Waals surface area contributed by atoms with Crippen LogP contribution in [0.5, 0.6) is 0 Å². The number of hydrogen-bond donors (Lipinski definition) is 5. The molecule has 95 heavy (non-hydrogen) atoms. The number of Topliss-reactive ketones (excluding diaryl/α,β-unsaturated/α-hetero) is 2. The van der Waals surface area contributed by atoms with Crippen LogP contribution in [0.2, 0.25) is 0 Å².